The number of hydrogen-bond acceptors (Lipinski definition) is 2. The van der Waals surface area contributed by atoms with E-state index in [1.165, 1.54) is 0 Å². The quantitative estimate of drug-likeness (QED) is 0.654. The van der Waals surface area contributed by atoms with Crippen molar-refractivity contribution < 1.29 is 9.59 Å². The van der Waals surface area contributed by atoms with Gasteiger partial charge in [0.05, 0.1) is 5.52 Å². The summed E-state index contributed by atoms with van der Waals surface area (Å²) in [5, 5.41) is 0.793. The molecule has 0 radical (unpaired) electrons. The smallest absolute Gasteiger partial charge is 0.262 e. The second-order valence-electron chi connectivity index (χ2n) is 4.25. The number of hydrogen-bond donors (Lipinski definition) is 0. The minimum absolute atomic E-state index is 0.0985. The third kappa shape index (κ3) is 1.85. The van der Waals surface area contributed by atoms with Crippen molar-refractivity contribution in [1.82, 2.24) is 4.57 Å². The molecule has 0 aliphatic carbocycles. The maximum Gasteiger partial charge on any atom is 0.262 e. The highest BCUT2D eigenvalue weighted by Crippen LogP contribution is 2.20. The van der Waals surface area contributed by atoms with Crippen LogP contribution < -0.4 is 0 Å². The van der Waals surface area contributed by atoms with Gasteiger partial charge in [-0.15, -0.1) is 0 Å². The molecule has 0 N–H and O–H groups in total. The molecule has 2 aromatic carbocycles. The Hall–Kier alpha value is -2.68. The Kier molecular flexibility index (Phi) is 2.72. The van der Waals surface area contributed by atoms with E-state index in [1.807, 2.05) is 24.3 Å². The number of carbonyl (C=O) groups is 2. The maximum atomic E-state index is 12.4. The fraction of sp³-hybridized carbons (Fsp3) is 0. The summed E-state index contributed by atoms with van der Waals surface area (Å²) in [6.45, 7) is 0. The average molecular weight is 249 g/mol. The maximum absolute atomic E-state index is 12.4. The molecule has 0 bridgehead atoms. The molecule has 3 heteroatoms. The zero-order valence-electron chi connectivity index (χ0n) is 10.1. The van der Waals surface area contributed by atoms with Crippen LogP contribution >= 0.6 is 0 Å². The van der Waals surface area contributed by atoms with Crippen LogP contribution in [0.25, 0.3) is 10.9 Å². The van der Waals surface area contributed by atoms with Crippen LogP contribution in [0.1, 0.15) is 20.7 Å². The Balaban J connectivity index is 2.17. The van der Waals surface area contributed by atoms with Crippen LogP contribution in [0.2, 0.25) is 0 Å². The lowest BCUT2D eigenvalue weighted by Gasteiger charge is -2.04. The second kappa shape index (κ2) is 4.53. The lowest BCUT2D eigenvalue weighted by molar-refractivity contribution is 0.0964. The molecular formula is C16H11NO2. The van der Waals surface area contributed by atoms with Crippen LogP contribution in [0.5, 0.6) is 0 Å². The molecule has 1 heterocycles. The molecule has 3 nitrogen and oxygen atoms in total. The van der Waals surface area contributed by atoms with Gasteiger partial charge in [-0.05, 0) is 24.3 Å². The van der Waals surface area contributed by atoms with E-state index in [0.717, 1.165) is 17.2 Å². The summed E-state index contributed by atoms with van der Waals surface area (Å²) >= 11 is 0. The predicted molar refractivity (Wildman–Crippen MR) is 73.5 cm³/mol. The van der Waals surface area contributed by atoms with Crippen molar-refractivity contribution in [2.45, 2.75) is 0 Å². The van der Waals surface area contributed by atoms with Gasteiger partial charge in [0.2, 0.25) is 0 Å². The van der Waals surface area contributed by atoms with Crippen molar-refractivity contribution in [2.24, 2.45) is 0 Å². The lowest BCUT2D eigenvalue weighted by Crippen LogP contribution is -2.10. The molecule has 0 atom stereocenters. The van der Waals surface area contributed by atoms with Crippen LogP contribution in [0.3, 0.4) is 0 Å². The van der Waals surface area contributed by atoms with Crippen LogP contribution in [-0.4, -0.2) is 16.8 Å². The van der Waals surface area contributed by atoms with Gasteiger partial charge in [0.25, 0.3) is 5.91 Å². The third-order valence-corrected chi connectivity index (χ3v) is 3.13. The van der Waals surface area contributed by atoms with Gasteiger partial charge >= 0.3 is 0 Å². The van der Waals surface area contributed by atoms with Gasteiger partial charge in [0, 0.05) is 22.7 Å². The number of rotatable bonds is 2. The fourth-order valence-electron chi connectivity index (χ4n) is 2.19. The van der Waals surface area contributed by atoms with Crippen LogP contribution in [0.15, 0.2) is 60.8 Å². The Morgan fingerprint density at radius 2 is 1.74 bits per heavy atom. The Morgan fingerprint density at radius 3 is 2.47 bits per heavy atom. The summed E-state index contributed by atoms with van der Waals surface area (Å²) in [5.41, 5.74) is 1.96. The summed E-state index contributed by atoms with van der Waals surface area (Å²) in [4.78, 5) is 23.4. The van der Waals surface area contributed by atoms with Crippen molar-refractivity contribution in [3.05, 3.63) is 71.9 Å². The van der Waals surface area contributed by atoms with E-state index in [9.17, 15) is 9.59 Å². The van der Waals surface area contributed by atoms with Gasteiger partial charge in [0.15, 0.2) is 6.29 Å². The Bertz CT molecular complexity index is 757. The van der Waals surface area contributed by atoms with Gasteiger partial charge in [-0.25, -0.2) is 0 Å². The number of aldehydes is 1. The van der Waals surface area contributed by atoms with E-state index in [0.29, 0.717) is 11.1 Å². The standard InChI is InChI=1S/C16H11NO2/c18-11-13-7-4-8-15-14(13)9-10-17(15)16(19)12-5-2-1-3-6-12/h1-11H. The predicted octanol–water partition coefficient (Wildman–Crippen LogP) is 3.14. The second-order valence-corrected chi connectivity index (χ2v) is 4.25. The molecule has 0 saturated heterocycles. The van der Waals surface area contributed by atoms with E-state index in [-0.39, 0.29) is 5.91 Å². The normalized spacial score (nSPS) is 10.5. The molecule has 0 saturated carbocycles. The molecule has 1 aromatic heterocycles. The number of aromatic nitrogens is 1. The molecule has 0 aliphatic heterocycles. The van der Waals surface area contributed by atoms with Crippen LogP contribution in [0.4, 0.5) is 0 Å². The summed E-state index contributed by atoms with van der Waals surface area (Å²) in [6.07, 6.45) is 2.51. The summed E-state index contributed by atoms with van der Waals surface area (Å²) in [5.74, 6) is -0.0985. The first-order chi connectivity index (χ1) is 9.31. The first-order valence-electron chi connectivity index (χ1n) is 5.96. The molecule has 92 valence electrons. The Morgan fingerprint density at radius 1 is 0.947 bits per heavy atom. The zero-order valence-corrected chi connectivity index (χ0v) is 10.1. The molecule has 0 unspecified atom stereocenters. The molecular weight excluding hydrogens is 238 g/mol. The van der Waals surface area contributed by atoms with Crippen LogP contribution in [-0.2, 0) is 0 Å². The molecule has 3 aromatic rings. The van der Waals surface area contributed by atoms with Crippen molar-refractivity contribution in [3.63, 3.8) is 0 Å². The minimum Gasteiger partial charge on any atom is -0.298 e. The van der Waals surface area contributed by atoms with E-state index < -0.39 is 0 Å². The van der Waals surface area contributed by atoms with Crippen LogP contribution in [0, 0.1) is 0 Å². The zero-order chi connectivity index (χ0) is 13.2. The van der Waals surface area contributed by atoms with Gasteiger partial charge in [0.1, 0.15) is 0 Å². The highest BCUT2D eigenvalue weighted by molar-refractivity contribution is 6.05. The summed E-state index contributed by atoms with van der Waals surface area (Å²) < 4.78 is 1.57. The first-order valence-corrected chi connectivity index (χ1v) is 5.96. The number of benzene rings is 2. The van der Waals surface area contributed by atoms with E-state index in [4.69, 9.17) is 0 Å². The first kappa shape index (κ1) is 11.4. The monoisotopic (exact) mass is 249 g/mol. The van der Waals surface area contributed by atoms with E-state index in [2.05, 4.69) is 0 Å². The van der Waals surface area contributed by atoms with E-state index >= 15 is 0 Å². The van der Waals surface area contributed by atoms with Crippen molar-refractivity contribution in [1.29, 1.82) is 0 Å². The SMILES string of the molecule is O=Cc1cccc2c1ccn2C(=O)c1ccccc1. The average Bonchev–Trinajstić information content (AvgIpc) is 2.91. The molecule has 19 heavy (non-hydrogen) atoms. The fourth-order valence-corrected chi connectivity index (χ4v) is 2.19. The number of nitrogens with zero attached hydrogens (tertiary/aromatic N) is 1. The molecule has 0 fully saturated rings. The van der Waals surface area contributed by atoms with Gasteiger partial charge in [-0.1, -0.05) is 30.3 Å². The summed E-state index contributed by atoms with van der Waals surface area (Å²) in [6, 6.07) is 16.2. The third-order valence-electron chi connectivity index (χ3n) is 3.13. The molecule has 0 spiro atoms. The van der Waals surface area contributed by atoms with Crippen molar-refractivity contribution in [2.75, 3.05) is 0 Å². The van der Waals surface area contributed by atoms with Gasteiger partial charge in [-0.2, -0.15) is 0 Å². The van der Waals surface area contributed by atoms with Crippen molar-refractivity contribution in [3.8, 4) is 0 Å². The highest BCUT2D eigenvalue weighted by Gasteiger charge is 2.12. The lowest BCUT2D eigenvalue weighted by atomic mass is 10.1. The number of fused-ring (bicyclic) bond motifs is 1. The van der Waals surface area contributed by atoms with Crippen molar-refractivity contribution >= 4 is 23.1 Å². The summed E-state index contributed by atoms with van der Waals surface area (Å²) in [7, 11) is 0. The minimum atomic E-state index is -0.0985. The molecule has 3 rings (SSSR count). The van der Waals surface area contributed by atoms with E-state index in [1.54, 1.807) is 41.1 Å². The molecule has 0 aliphatic rings. The number of carbonyl (C=O) groups excluding carboxylic acids is 2. The topological polar surface area (TPSA) is 39.1 Å². The van der Waals surface area contributed by atoms with Gasteiger partial charge in [-0.3, -0.25) is 14.2 Å². The highest BCUT2D eigenvalue weighted by atomic mass is 16.2. The molecule has 0 amide bonds. The van der Waals surface area contributed by atoms with Gasteiger partial charge < -0.3 is 0 Å². The Labute approximate surface area is 110 Å². The largest absolute Gasteiger partial charge is 0.298 e.